The lowest BCUT2D eigenvalue weighted by Crippen LogP contribution is -2.45. The van der Waals surface area contributed by atoms with Crippen LogP contribution in [-0.4, -0.2) is 29.4 Å². The van der Waals surface area contributed by atoms with Crippen molar-refractivity contribution in [3.8, 4) is 0 Å². The van der Waals surface area contributed by atoms with Gasteiger partial charge in [-0.2, -0.15) is 0 Å². The topological polar surface area (TPSA) is 49.9 Å². The summed E-state index contributed by atoms with van der Waals surface area (Å²) in [5.74, 6) is -0.797. The number of carbonyl (C=O) groups excluding carboxylic acids is 2. The molecule has 1 aliphatic heterocycles. The number of ether oxygens (including phenoxy) is 1. The van der Waals surface area contributed by atoms with Gasteiger partial charge in [0.05, 0.1) is 6.61 Å². The van der Waals surface area contributed by atoms with Gasteiger partial charge in [-0.05, 0) is 62.6 Å². The highest BCUT2D eigenvalue weighted by molar-refractivity contribution is 6.07. The number of fused-ring (bicyclic) bond motifs is 1. The molecule has 1 atom stereocenters. The van der Waals surface area contributed by atoms with Gasteiger partial charge in [0.25, 0.3) is 11.8 Å². The van der Waals surface area contributed by atoms with Crippen LogP contribution in [0.15, 0.2) is 84.6 Å². The minimum Gasteiger partial charge on any atom is -0.367 e. The number of hydrogen-bond donors (Lipinski definition) is 0. The van der Waals surface area contributed by atoms with E-state index in [4.69, 9.17) is 4.74 Å². The fourth-order valence-electron chi connectivity index (χ4n) is 5.30. The minimum atomic E-state index is -0.801. The Hall–Kier alpha value is -3.51. The van der Waals surface area contributed by atoms with Crippen LogP contribution in [0.5, 0.6) is 0 Å². The molecule has 1 saturated carbocycles. The number of para-hydroxylation sites is 1. The minimum absolute atomic E-state index is 0.0872. The average Bonchev–Trinajstić information content (AvgIpc) is 3.16. The van der Waals surface area contributed by atoms with Crippen LogP contribution in [0.1, 0.15) is 63.1 Å². The zero-order chi connectivity index (χ0) is 26.4. The van der Waals surface area contributed by atoms with Gasteiger partial charge in [0.1, 0.15) is 18.5 Å². The van der Waals surface area contributed by atoms with Crippen molar-refractivity contribution in [2.75, 3.05) is 11.5 Å². The van der Waals surface area contributed by atoms with E-state index in [1.165, 1.54) is 18.6 Å². The summed E-state index contributed by atoms with van der Waals surface area (Å²) in [6.45, 7) is 7.55. The molecular formula is C31H35FN2O3. The summed E-state index contributed by atoms with van der Waals surface area (Å²) in [5, 5.41) is 0. The van der Waals surface area contributed by atoms with Crippen molar-refractivity contribution in [3.63, 3.8) is 0 Å². The first kappa shape index (κ1) is 26.6. The summed E-state index contributed by atoms with van der Waals surface area (Å²) in [6, 6.07) is 13.2. The third kappa shape index (κ3) is 6.08. The predicted octanol–water partition coefficient (Wildman–Crippen LogP) is 6.63. The van der Waals surface area contributed by atoms with Crippen molar-refractivity contribution in [1.82, 2.24) is 4.90 Å². The smallest absolute Gasteiger partial charge is 0.255 e. The van der Waals surface area contributed by atoms with Crippen molar-refractivity contribution in [2.45, 2.75) is 64.6 Å². The second-order valence-corrected chi connectivity index (χ2v) is 9.76. The fourth-order valence-corrected chi connectivity index (χ4v) is 5.30. The van der Waals surface area contributed by atoms with Crippen LogP contribution in [0, 0.1) is 5.82 Å². The second kappa shape index (κ2) is 12.2. The van der Waals surface area contributed by atoms with Crippen LogP contribution in [0.3, 0.4) is 0 Å². The number of halogens is 1. The first-order valence-corrected chi connectivity index (χ1v) is 13.0. The van der Waals surface area contributed by atoms with Crippen molar-refractivity contribution in [2.24, 2.45) is 0 Å². The zero-order valence-electron chi connectivity index (χ0n) is 21.7. The summed E-state index contributed by atoms with van der Waals surface area (Å²) in [7, 11) is 0. The Morgan fingerprint density at radius 3 is 2.62 bits per heavy atom. The van der Waals surface area contributed by atoms with E-state index in [2.05, 4.69) is 6.58 Å². The summed E-state index contributed by atoms with van der Waals surface area (Å²) in [6.07, 6.45) is 10.8. The van der Waals surface area contributed by atoms with Gasteiger partial charge in [-0.3, -0.25) is 14.5 Å². The first-order valence-electron chi connectivity index (χ1n) is 13.0. The highest BCUT2D eigenvalue weighted by Gasteiger charge is 2.45. The molecule has 194 valence electrons. The molecule has 1 fully saturated rings. The third-order valence-corrected chi connectivity index (χ3v) is 6.82. The maximum Gasteiger partial charge on any atom is 0.255 e. The Morgan fingerprint density at radius 1 is 1.16 bits per heavy atom. The number of amides is 2. The van der Waals surface area contributed by atoms with E-state index >= 15 is 0 Å². The van der Waals surface area contributed by atoms with E-state index in [0.717, 1.165) is 42.5 Å². The molecular weight excluding hydrogens is 467 g/mol. The quantitative estimate of drug-likeness (QED) is 0.362. The Balaban J connectivity index is 1.68. The lowest BCUT2D eigenvalue weighted by Gasteiger charge is -2.33. The predicted molar refractivity (Wildman–Crippen MR) is 144 cm³/mol. The maximum absolute atomic E-state index is 14.1. The number of rotatable bonds is 9. The molecule has 0 bridgehead atoms. The van der Waals surface area contributed by atoms with Crippen LogP contribution >= 0.6 is 0 Å². The van der Waals surface area contributed by atoms with Crippen molar-refractivity contribution >= 4 is 17.5 Å². The van der Waals surface area contributed by atoms with E-state index in [-0.39, 0.29) is 36.9 Å². The molecule has 2 amide bonds. The van der Waals surface area contributed by atoms with Gasteiger partial charge >= 0.3 is 0 Å². The number of nitrogens with zero attached hydrogens (tertiary/aromatic N) is 2. The Bertz CT molecular complexity index is 1210. The van der Waals surface area contributed by atoms with Crippen LogP contribution in [-0.2, 0) is 20.9 Å². The normalized spacial score (nSPS) is 18.4. The summed E-state index contributed by atoms with van der Waals surface area (Å²) < 4.78 is 19.3. The SMILES string of the molecule is C=C(C)/C=C(\C=C/C)N(C(=O)COCc1cccc(F)c1)C1C(=O)N(C2CCCCC2)c2ccccc21. The van der Waals surface area contributed by atoms with Crippen molar-refractivity contribution < 1.29 is 18.7 Å². The summed E-state index contributed by atoms with van der Waals surface area (Å²) >= 11 is 0. The van der Waals surface area contributed by atoms with Gasteiger partial charge in [-0.1, -0.05) is 67.8 Å². The van der Waals surface area contributed by atoms with Gasteiger partial charge in [0.2, 0.25) is 0 Å². The Kier molecular flexibility index (Phi) is 8.72. The molecule has 2 aromatic carbocycles. The number of carbonyl (C=O) groups is 2. The third-order valence-electron chi connectivity index (χ3n) is 6.82. The van der Waals surface area contributed by atoms with E-state index in [1.54, 1.807) is 17.0 Å². The van der Waals surface area contributed by atoms with Gasteiger partial charge in [0.15, 0.2) is 0 Å². The lowest BCUT2D eigenvalue weighted by atomic mass is 9.94. The highest BCUT2D eigenvalue weighted by atomic mass is 19.1. The Morgan fingerprint density at radius 2 is 1.92 bits per heavy atom. The molecule has 1 aliphatic carbocycles. The molecule has 4 rings (SSSR count). The summed E-state index contributed by atoms with van der Waals surface area (Å²) in [4.78, 5) is 31.3. The van der Waals surface area contributed by atoms with E-state index in [9.17, 15) is 14.0 Å². The Labute approximate surface area is 218 Å². The molecule has 1 unspecified atom stereocenters. The number of anilines is 1. The van der Waals surface area contributed by atoms with Gasteiger partial charge < -0.3 is 9.64 Å². The molecule has 0 radical (unpaired) electrons. The second-order valence-electron chi connectivity index (χ2n) is 9.76. The van der Waals surface area contributed by atoms with Gasteiger partial charge in [0, 0.05) is 23.0 Å². The molecule has 1 heterocycles. The number of hydrogen-bond acceptors (Lipinski definition) is 3. The summed E-state index contributed by atoms with van der Waals surface area (Å²) in [5.41, 5.74) is 3.66. The van der Waals surface area contributed by atoms with Crippen molar-refractivity contribution in [3.05, 3.63) is 102 Å². The molecule has 2 aromatic rings. The number of allylic oxidation sites excluding steroid dienone is 4. The molecule has 0 aromatic heterocycles. The van der Waals surface area contributed by atoms with Crippen LogP contribution < -0.4 is 4.90 Å². The van der Waals surface area contributed by atoms with Gasteiger partial charge in [-0.15, -0.1) is 0 Å². The molecule has 6 heteroatoms. The molecule has 0 N–H and O–H groups in total. The largest absolute Gasteiger partial charge is 0.367 e. The average molecular weight is 503 g/mol. The van der Waals surface area contributed by atoms with Crippen molar-refractivity contribution in [1.29, 1.82) is 0 Å². The molecule has 37 heavy (non-hydrogen) atoms. The first-order chi connectivity index (χ1) is 17.9. The van der Waals surface area contributed by atoms with E-state index in [1.807, 2.05) is 61.2 Å². The highest BCUT2D eigenvalue weighted by Crippen LogP contribution is 2.44. The van der Waals surface area contributed by atoms with E-state index < -0.39 is 6.04 Å². The zero-order valence-corrected chi connectivity index (χ0v) is 21.7. The fraction of sp³-hybridized carbons (Fsp3) is 0.355. The lowest BCUT2D eigenvalue weighted by molar-refractivity contribution is -0.140. The standard InChI is InChI=1S/C31H35FN2O3/c1-4-11-26(18-22(2)3)34(29(35)21-37-20-23-12-10-13-24(32)19-23)30-27-16-8-9-17-28(27)33(31(30)36)25-14-6-5-7-15-25/h4,8-13,16-19,25,30H,2,5-7,14-15,20-21H2,1,3H3/b11-4-,26-18+. The number of benzene rings is 2. The molecule has 5 nitrogen and oxygen atoms in total. The van der Waals surface area contributed by atoms with Crippen LogP contribution in [0.4, 0.5) is 10.1 Å². The van der Waals surface area contributed by atoms with Gasteiger partial charge in [-0.25, -0.2) is 4.39 Å². The maximum atomic E-state index is 14.1. The van der Waals surface area contributed by atoms with Crippen LogP contribution in [0.25, 0.3) is 0 Å². The molecule has 0 saturated heterocycles. The molecule has 0 spiro atoms. The molecule has 2 aliphatic rings. The van der Waals surface area contributed by atoms with E-state index in [0.29, 0.717) is 11.3 Å². The van der Waals surface area contributed by atoms with Crippen LogP contribution in [0.2, 0.25) is 0 Å². The monoisotopic (exact) mass is 502 g/mol.